The van der Waals surface area contributed by atoms with Gasteiger partial charge in [-0.25, -0.2) is 8.42 Å². The molecule has 3 rings (SSSR count). The Morgan fingerprint density at radius 3 is 2.33 bits per heavy atom. The number of nitrogens with zero attached hydrogens (tertiary/aromatic N) is 1. The summed E-state index contributed by atoms with van der Waals surface area (Å²) < 4.78 is 28.2. The number of aryl methyl sites for hydroxylation is 3. The van der Waals surface area contributed by atoms with Gasteiger partial charge in [-0.05, 0) is 73.2 Å². The monoisotopic (exact) mass is 386 g/mol. The Bertz CT molecular complexity index is 961. The van der Waals surface area contributed by atoms with Gasteiger partial charge >= 0.3 is 0 Å². The van der Waals surface area contributed by atoms with Gasteiger partial charge in [0.25, 0.3) is 10.0 Å². The number of carbonyl (C=O) groups is 1. The summed E-state index contributed by atoms with van der Waals surface area (Å²) in [5, 5.41) is 0. The van der Waals surface area contributed by atoms with Crippen molar-refractivity contribution in [3.8, 4) is 0 Å². The highest BCUT2D eigenvalue weighted by Gasteiger charge is 2.25. The Balaban J connectivity index is 1.90. The third kappa shape index (κ3) is 4.33. The number of amides is 1. The fourth-order valence-electron chi connectivity index (χ4n) is 3.49. The summed E-state index contributed by atoms with van der Waals surface area (Å²) in [5.74, 6) is 0.488. The normalized spacial score (nSPS) is 14.4. The quantitative estimate of drug-likeness (QED) is 0.843. The number of hydrogen-bond acceptors (Lipinski definition) is 3. The van der Waals surface area contributed by atoms with E-state index in [1.54, 1.807) is 18.2 Å². The van der Waals surface area contributed by atoms with Gasteiger partial charge in [0.05, 0.1) is 4.90 Å². The molecule has 144 valence electrons. The van der Waals surface area contributed by atoms with Crippen LogP contribution in [0.5, 0.6) is 0 Å². The molecule has 0 spiro atoms. The van der Waals surface area contributed by atoms with E-state index in [0.717, 1.165) is 22.4 Å². The van der Waals surface area contributed by atoms with Crippen molar-refractivity contribution in [2.24, 2.45) is 5.92 Å². The predicted molar refractivity (Wildman–Crippen MR) is 109 cm³/mol. The van der Waals surface area contributed by atoms with Gasteiger partial charge in [-0.1, -0.05) is 19.9 Å². The van der Waals surface area contributed by atoms with E-state index < -0.39 is 10.0 Å². The Kier molecular flexibility index (Phi) is 5.29. The molecule has 0 radical (unpaired) electrons. The zero-order chi connectivity index (χ0) is 19.8. The molecular weight excluding hydrogens is 360 g/mol. The fourth-order valence-corrected chi connectivity index (χ4v) is 4.73. The molecule has 0 saturated heterocycles. The lowest BCUT2D eigenvalue weighted by atomic mass is 9.99. The minimum atomic E-state index is -3.66. The van der Waals surface area contributed by atoms with Gasteiger partial charge in [-0.15, -0.1) is 0 Å². The molecule has 1 N–H and O–H groups in total. The average Bonchev–Trinajstić information content (AvgIpc) is 2.56. The van der Waals surface area contributed by atoms with Crippen LogP contribution in [-0.4, -0.2) is 20.9 Å². The fraction of sp³-hybridized carbons (Fsp3) is 0.381. The van der Waals surface area contributed by atoms with E-state index in [-0.39, 0.29) is 10.8 Å². The molecule has 6 heteroatoms. The maximum atomic E-state index is 12.8. The van der Waals surface area contributed by atoms with Crippen LogP contribution in [0.2, 0.25) is 0 Å². The van der Waals surface area contributed by atoms with Gasteiger partial charge in [0.1, 0.15) is 0 Å². The Hall–Kier alpha value is -2.34. The van der Waals surface area contributed by atoms with Crippen LogP contribution >= 0.6 is 0 Å². The maximum absolute atomic E-state index is 12.8. The number of benzene rings is 2. The molecule has 0 fully saturated rings. The number of fused-ring (bicyclic) bond motifs is 1. The smallest absolute Gasteiger partial charge is 0.261 e. The molecule has 0 aliphatic carbocycles. The summed E-state index contributed by atoms with van der Waals surface area (Å²) >= 11 is 0. The molecule has 0 unspecified atom stereocenters. The molecule has 27 heavy (non-hydrogen) atoms. The van der Waals surface area contributed by atoms with Gasteiger partial charge < -0.3 is 4.90 Å². The van der Waals surface area contributed by atoms with Crippen molar-refractivity contribution in [1.29, 1.82) is 0 Å². The van der Waals surface area contributed by atoms with Crippen molar-refractivity contribution in [2.75, 3.05) is 16.2 Å². The van der Waals surface area contributed by atoms with Crippen LogP contribution in [0, 0.1) is 19.8 Å². The SMILES string of the molecule is Cc1cc(C)cc(S(=O)(=O)Nc2ccc3c(c2)CCC(=O)N3CC(C)C)c1. The molecule has 0 aromatic heterocycles. The molecule has 2 aromatic carbocycles. The zero-order valence-electron chi connectivity index (χ0n) is 16.2. The zero-order valence-corrected chi connectivity index (χ0v) is 17.1. The van der Waals surface area contributed by atoms with E-state index >= 15 is 0 Å². The van der Waals surface area contributed by atoms with Crippen LogP contribution in [0.1, 0.15) is 37.0 Å². The summed E-state index contributed by atoms with van der Waals surface area (Å²) in [6.07, 6.45) is 1.08. The number of hydrogen-bond donors (Lipinski definition) is 1. The molecule has 1 aliphatic rings. The van der Waals surface area contributed by atoms with Crippen molar-refractivity contribution in [2.45, 2.75) is 45.4 Å². The van der Waals surface area contributed by atoms with Crippen molar-refractivity contribution in [3.63, 3.8) is 0 Å². The Morgan fingerprint density at radius 1 is 1.04 bits per heavy atom. The molecule has 0 saturated carbocycles. The first-order chi connectivity index (χ1) is 12.7. The minimum Gasteiger partial charge on any atom is -0.312 e. The van der Waals surface area contributed by atoms with Crippen LogP contribution in [0.15, 0.2) is 41.3 Å². The summed E-state index contributed by atoms with van der Waals surface area (Å²) in [7, 11) is -3.66. The third-order valence-electron chi connectivity index (χ3n) is 4.58. The summed E-state index contributed by atoms with van der Waals surface area (Å²) in [5.41, 5.74) is 4.21. The standard InChI is InChI=1S/C21H26N2O3S/c1-14(2)13-23-20-7-6-18(12-17(20)5-8-21(23)24)22-27(25,26)19-10-15(3)9-16(4)11-19/h6-7,9-12,14,22H,5,8,13H2,1-4H3. The highest BCUT2D eigenvalue weighted by molar-refractivity contribution is 7.92. The molecule has 5 nitrogen and oxygen atoms in total. The van der Waals surface area contributed by atoms with Gasteiger partial charge in [-0.3, -0.25) is 9.52 Å². The molecule has 0 bridgehead atoms. The second-order valence-electron chi connectivity index (χ2n) is 7.67. The first kappa shape index (κ1) is 19.4. The van der Waals surface area contributed by atoms with Crippen molar-refractivity contribution >= 4 is 27.3 Å². The van der Waals surface area contributed by atoms with E-state index in [1.165, 1.54) is 0 Å². The highest BCUT2D eigenvalue weighted by atomic mass is 32.2. The van der Waals surface area contributed by atoms with E-state index in [9.17, 15) is 13.2 Å². The van der Waals surface area contributed by atoms with Gasteiger partial charge in [-0.2, -0.15) is 0 Å². The Morgan fingerprint density at radius 2 is 1.70 bits per heavy atom. The van der Waals surface area contributed by atoms with E-state index in [4.69, 9.17) is 0 Å². The number of carbonyl (C=O) groups excluding carboxylic acids is 1. The van der Waals surface area contributed by atoms with Gasteiger partial charge in [0.15, 0.2) is 0 Å². The molecule has 0 atom stereocenters. The van der Waals surface area contributed by atoms with Crippen LogP contribution in [0.3, 0.4) is 0 Å². The lowest BCUT2D eigenvalue weighted by molar-refractivity contribution is -0.119. The van der Waals surface area contributed by atoms with Crippen molar-refractivity contribution in [1.82, 2.24) is 0 Å². The largest absolute Gasteiger partial charge is 0.312 e. The molecule has 1 aliphatic heterocycles. The second kappa shape index (κ2) is 7.35. The molecule has 1 amide bonds. The van der Waals surface area contributed by atoms with Crippen LogP contribution in [-0.2, 0) is 21.2 Å². The molecular formula is C21H26N2O3S. The highest BCUT2D eigenvalue weighted by Crippen LogP contribution is 2.31. The summed E-state index contributed by atoms with van der Waals surface area (Å²) in [4.78, 5) is 14.3. The second-order valence-corrected chi connectivity index (χ2v) is 9.35. The lowest BCUT2D eigenvalue weighted by Crippen LogP contribution is -2.37. The number of rotatable bonds is 5. The minimum absolute atomic E-state index is 0.125. The van der Waals surface area contributed by atoms with Crippen LogP contribution in [0.25, 0.3) is 0 Å². The summed E-state index contributed by atoms with van der Waals surface area (Å²) in [6, 6.07) is 10.7. The maximum Gasteiger partial charge on any atom is 0.261 e. The first-order valence-corrected chi connectivity index (χ1v) is 10.7. The average molecular weight is 387 g/mol. The third-order valence-corrected chi connectivity index (χ3v) is 5.95. The van der Waals surface area contributed by atoms with E-state index in [1.807, 2.05) is 36.9 Å². The number of nitrogens with one attached hydrogen (secondary N) is 1. The molecule has 2 aromatic rings. The number of anilines is 2. The first-order valence-electron chi connectivity index (χ1n) is 9.20. The van der Waals surface area contributed by atoms with Crippen molar-refractivity contribution in [3.05, 3.63) is 53.1 Å². The van der Waals surface area contributed by atoms with Gasteiger partial charge in [0, 0.05) is 24.3 Å². The van der Waals surface area contributed by atoms with Crippen LogP contribution in [0.4, 0.5) is 11.4 Å². The summed E-state index contributed by atoms with van der Waals surface area (Å²) in [6.45, 7) is 8.58. The van der Waals surface area contributed by atoms with Gasteiger partial charge in [0.2, 0.25) is 5.91 Å². The number of sulfonamides is 1. The van der Waals surface area contributed by atoms with E-state index in [0.29, 0.717) is 31.0 Å². The Labute approximate surface area is 161 Å². The van der Waals surface area contributed by atoms with Crippen LogP contribution < -0.4 is 9.62 Å². The van der Waals surface area contributed by atoms with E-state index in [2.05, 4.69) is 18.6 Å². The predicted octanol–water partition coefficient (Wildman–Crippen LogP) is 4.04. The van der Waals surface area contributed by atoms with Crippen molar-refractivity contribution < 1.29 is 13.2 Å². The topological polar surface area (TPSA) is 66.5 Å². The molecule has 1 heterocycles. The lowest BCUT2D eigenvalue weighted by Gasteiger charge is -2.31.